The summed E-state index contributed by atoms with van der Waals surface area (Å²) in [6, 6.07) is 1.25. The van der Waals surface area contributed by atoms with Gasteiger partial charge in [-0.15, -0.1) is 13.2 Å². The molecule has 0 spiro atoms. The highest BCUT2D eigenvalue weighted by Gasteiger charge is 2.44. The summed E-state index contributed by atoms with van der Waals surface area (Å²) >= 11 is 0.463. The van der Waals surface area contributed by atoms with Crippen molar-refractivity contribution in [3.8, 4) is 5.06 Å². The van der Waals surface area contributed by atoms with Crippen molar-refractivity contribution in [3.05, 3.63) is 39.7 Å². The lowest BCUT2D eigenvalue weighted by Gasteiger charge is -2.29. The maximum absolute atomic E-state index is 14.5. The summed E-state index contributed by atoms with van der Waals surface area (Å²) in [7, 11) is 0. The van der Waals surface area contributed by atoms with E-state index in [0.29, 0.717) is 11.3 Å². The molecule has 11 heteroatoms. The number of ketones is 1. The smallest absolute Gasteiger partial charge is 0.481 e. The van der Waals surface area contributed by atoms with Gasteiger partial charge in [0.1, 0.15) is 0 Å². The SMILES string of the molecule is CC1=C(CC(=O)O)C2=C(F)C(=O)CCC2N1C(=O)c1ccc(OC(F)(F)F)s1. The maximum atomic E-state index is 14.5. The molecule has 2 aliphatic rings. The molecule has 6 nitrogen and oxygen atoms in total. The van der Waals surface area contributed by atoms with Gasteiger partial charge in [-0.2, -0.15) is 0 Å². The highest BCUT2D eigenvalue weighted by atomic mass is 32.1. The molecule has 2 heterocycles. The summed E-state index contributed by atoms with van der Waals surface area (Å²) in [6.45, 7) is 1.42. The van der Waals surface area contributed by atoms with Gasteiger partial charge >= 0.3 is 12.3 Å². The highest BCUT2D eigenvalue weighted by molar-refractivity contribution is 7.15. The number of alkyl halides is 3. The average Bonchev–Trinajstić information content (AvgIpc) is 3.12. The summed E-state index contributed by atoms with van der Waals surface area (Å²) in [4.78, 5) is 36.8. The van der Waals surface area contributed by atoms with Gasteiger partial charge in [0.05, 0.1) is 17.3 Å². The van der Waals surface area contributed by atoms with Crippen molar-refractivity contribution < 1.29 is 41.8 Å². The van der Waals surface area contributed by atoms with Crippen LogP contribution in [0.2, 0.25) is 0 Å². The molecule has 1 amide bonds. The summed E-state index contributed by atoms with van der Waals surface area (Å²) < 4.78 is 55.2. The van der Waals surface area contributed by atoms with Crippen LogP contribution in [0, 0.1) is 0 Å². The van der Waals surface area contributed by atoms with Crippen LogP contribution in [0.1, 0.15) is 35.9 Å². The van der Waals surface area contributed by atoms with Gasteiger partial charge in [-0.1, -0.05) is 11.3 Å². The number of hydrogen-bond acceptors (Lipinski definition) is 5. The molecule has 0 aromatic carbocycles. The van der Waals surface area contributed by atoms with Crippen molar-refractivity contribution in [2.75, 3.05) is 0 Å². The molecule has 1 atom stereocenters. The topological polar surface area (TPSA) is 83.9 Å². The quantitative estimate of drug-likeness (QED) is 0.751. The molecule has 3 rings (SSSR count). The summed E-state index contributed by atoms with van der Waals surface area (Å²) in [5.74, 6) is -3.83. The van der Waals surface area contributed by atoms with Gasteiger partial charge in [-0.3, -0.25) is 14.4 Å². The third-order valence-corrected chi connectivity index (χ3v) is 5.40. The van der Waals surface area contributed by atoms with Crippen molar-refractivity contribution in [2.45, 2.75) is 38.6 Å². The zero-order valence-corrected chi connectivity index (χ0v) is 15.1. The fraction of sp³-hybridized carbons (Fsp3) is 0.353. The van der Waals surface area contributed by atoms with Crippen molar-refractivity contribution in [3.63, 3.8) is 0 Å². The largest absolute Gasteiger partial charge is 0.573 e. The maximum Gasteiger partial charge on any atom is 0.573 e. The number of ether oxygens (including phenoxy) is 1. The number of Topliss-reactive ketones (excluding diaryl/α,β-unsaturated/α-hetero) is 1. The van der Waals surface area contributed by atoms with Crippen LogP contribution in [0.25, 0.3) is 0 Å². The van der Waals surface area contributed by atoms with Crippen LogP contribution in [-0.2, 0) is 9.59 Å². The van der Waals surface area contributed by atoms with E-state index in [-0.39, 0.29) is 34.6 Å². The number of nitrogens with zero attached hydrogens (tertiary/aromatic N) is 1. The molecule has 0 bridgehead atoms. The van der Waals surface area contributed by atoms with Gasteiger partial charge in [0.2, 0.25) is 0 Å². The molecular formula is C17H13F4NO5S. The van der Waals surface area contributed by atoms with E-state index in [1.165, 1.54) is 6.92 Å². The zero-order chi connectivity index (χ0) is 20.8. The van der Waals surface area contributed by atoms with Crippen LogP contribution in [0.15, 0.2) is 34.8 Å². The van der Waals surface area contributed by atoms with Gasteiger partial charge in [-0.25, -0.2) is 4.39 Å². The molecule has 0 saturated heterocycles. The Labute approximate surface area is 159 Å². The number of allylic oxidation sites excluding steroid dienone is 2. The van der Waals surface area contributed by atoms with Crippen molar-refractivity contribution in [1.29, 1.82) is 0 Å². The Hall–Kier alpha value is -2.69. The standard InChI is InChI=1S/C17H13F4NO5S/c1-7-8(6-12(24)25)14-9(2-3-10(23)15(14)18)22(7)16(26)11-4-5-13(28-11)27-17(19,20)21/h4-5,9H,2-3,6H2,1H3,(H,24,25). The third-order valence-electron chi connectivity index (χ3n) is 4.45. The first-order valence-electron chi connectivity index (χ1n) is 8.03. The molecule has 150 valence electrons. The van der Waals surface area contributed by atoms with E-state index in [9.17, 15) is 31.9 Å². The van der Waals surface area contributed by atoms with E-state index in [1.807, 2.05) is 0 Å². The third kappa shape index (κ3) is 3.66. The lowest BCUT2D eigenvalue weighted by Crippen LogP contribution is -2.38. The number of aliphatic carboxylic acids is 1. The molecule has 1 aromatic heterocycles. The lowest BCUT2D eigenvalue weighted by atomic mass is 9.88. The van der Waals surface area contributed by atoms with Gasteiger partial charge in [0, 0.05) is 17.7 Å². The second kappa shape index (κ2) is 7.04. The number of thiophene rings is 1. The van der Waals surface area contributed by atoms with E-state index in [1.54, 1.807) is 0 Å². The fourth-order valence-corrected chi connectivity index (χ4v) is 4.19. The summed E-state index contributed by atoms with van der Waals surface area (Å²) in [5.41, 5.74) is 0.0523. The minimum Gasteiger partial charge on any atom is -0.481 e. The van der Waals surface area contributed by atoms with Crippen molar-refractivity contribution in [1.82, 2.24) is 4.90 Å². The Morgan fingerprint density at radius 1 is 1.36 bits per heavy atom. The van der Waals surface area contributed by atoms with Gasteiger partial charge in [0.25, 0.3) is 5.91 Å². The van der Waals surface area contributed by atoms with Crippen LogP contribution in [0.4, 0.5) is 17.6 Å². The first kappa shape index (κ1) is 20.1. The number of fused-ring (bicyclic) bond motifs is 1. The highest BCUT2D eigenvalue weighted by Crippen LogP contribution is 2.44. The number of amides is 1. The molecule has 28 heavy (non-hydrogen) atoms. The van der Waals surface area contributed by atoms with Gasteiger partial charge < -0.3 is 14.7 Å². The number of carbonyl (C=O) groups excluding carboxylic acids is 2. The minimum absolute atomic E-state index is 0.0275. The lowest BCUT2D eigenvalue weighted by molar-refractivity contribution is -0.273. The van der Waals surface area contributed by atoms with Crippen LogP contribution in [0.5, 0.6) is 5.06 Å². The first-order valence-corrected chi connectivity index (χ1v) is 8.85. The number of carboxylic acid groups (broad SMARTS) is 1. The van der Waals surface area contributed by atoms with E-state index in [4.69, 9.17) is 5.11 Å². The van der Waals surface area contributed by atoms with Crippen LogP contribution in [-0.4, -0.2) is 40.1 Å². The molecule has 0 saturated carbocycles. The molecule has 1 aliphatic carbocycles. The van der Waals surface area contributed by atoms with Crippen LogP contribution >= 0.6 is 11.3 Å². The van der Waals surface area contributed by atoms with Crippen LogP contribution < -0.4 is 4.74 Å². The van der Waals surface area contributed by atoms with Crippen molar-refractivity contribution in [2.24, 2.45) is 0 Å². The van der Waals surface area contributed by atoms with E-state index >= 15 is 0 Å². The Morgan fingerprint density at radius 2 is 2.04 bits per heavy atom. The van der Waals surface area contributed by atoms with Gasteiger partial charge in [0.15, 0.2) is 16.7 Å². The number of carboxylic acids is 1. The molecule has 1 aromatic rings. The number of carbonyl (C=O) groups is 3. The Morgan fingerprint density at radius 3 is 2.64 bits per heavy atom. The summed E-state index contributed by atoms with van der Waals surface area (Å²) in [5, 5.41) is 8.56. The fourth-order valence-electron chi connectivity index (χ4n) is 3.38. The summed E-state index contributed by atoms with van der Waals surface area (Å²) in [6.07, 6.45) is -5.57. The zero-order valence-electron chi connectivity index (χ0n) is 14.3. The Balaban J connectivity index is 1.99. The van der Waals surface area contributed by atoms with E-state index in [0.717, 1.165) is 17.0 Å². The molecule has 1 aliphatic heterocycles. The number of hydrogen-bond donors (Lipinski definition) is 1. The van der Waals surface area contributed by atoms with Crippen molar-refractivity contribution >= 4 is 29.0 Å². The minimum atomic E-state index is -4.91. The predicted octanol–water partition coefficient (Wildman–Crippen LogP) is 3.81. The predicted molar refractivity (Wildman–Crippen MR) is 88.3 cm³/mol. The average molecular weight is 419 g/mol. The van der Waals surface area contributed by atoms with Gasteiger partial charge in [-0.05, 0) is 31.1 Å². The van der Waals surface area contributed by atoms with Crippen LogP contribution in [0.3, 0.4) is 0 Å². The Bertz CT molecular complexity index is 930. The molecular weight excluding hydrogens is 406 g/mol. The normalized spacial score (nSPS) is 20.0. The first-order chi connectivity index (χ1) is 13.0. The van der Waals surface area contributed by atoms with E-state index < -0.39 is 47.4 Å². The molecule has 0 fully saturated rings. The molecule has 1 N–H and O–H groups in total. The monoisotopic (exact) mass is 419 g/mol. The Kier molecular flexibility index (Phi) is 5.04. The molecule has 0 radical (unpaired) electrons. The second-order valence-electron chi connectivity index (χ2n) is 6.18. The molecule has 1 unspecified atom stereocenters. The number of halogens is 4. The second-order valence-corrected chi connectivity index (χ2v) is 7.23. The van der Waals surface area contributed by atoms with E-state index in [2.05, 4.69) is 4.74 Å². The number of rotatable bonds is 4.